The number of methoxy groups -OCH3 is 1. The van der Waals surface area contributed by atoms with Crippen LogP contribution >= 0.6 is 0 Å². The summed E-state index contributed by atoms with van der Waals surface area (Å²) in [5.41, 5.74) is 1.04. The lowest BCUT2D eigenvalue weighted by molar-refractivity contribution is -0.140. The zero-order chi connectivity index (χ0) is 24.9. The van der Waals surface area contributed by atoms with Gasteiger partial charge in [-0.25, -0.2) is 9.18 Å². The molecule has 0 spiro atoms. The second-order valence-electron chi connectivity index (χ2n) is 8.42. The Morgan fingerprint density at radius 1 is 1.03 bits per heavy atom. The van der Waals surface area contributed by atoms with Gasteiger partial charge in [0.05, 0.1) is 37.5 Å². The van der Waals surface area contributed by atoms with Crippen LogP contribution in [-0.2, 0) is 19.1 Å². The maximum Gasteiger partial charge on any atom is 0.337 e. The molecule has 0 unspecified atom stereocenters. The van der Waals surface area contributed by atoms with Crippen molar-refractivity contribution >= 4 is 23.4 Å². The van der Waals surface area contributed by atoms with Gasteiger partial charge in [-0.05, 0) is 48.4 Å². The number of carbonyl (C=O) groups is 3. The van der Waals surface area contributed by atoms with Gasteiger partial charge in [-0.3, -0.25) is 14.5 Å². The molecule has 2 aromatic carbocycles. The fourth-order valence-electron chi connectivity index (χ4n) is 4.43. The van der Waals surface area contributed by atoms with E-state index >= 15 is 0 Å². The summed E-state index contributed by atoms with van der Waals surface area (Å²) in [6.45, 7) is 3.97. The number of morpholine rings is 1. The predicted molar refractivity (Wildman–Crippen MR) is 125 cm³/mol. The summed E-state index contributed by atoms with van der Waals surface area (Å²) >= 11 is 0. The molecule has 2 aliphatic rings. The number of Topliss-reactive ketones (excluding diaryl/α,β-unsaturated/α-hetero) is 1. The van der Waals surface area contributed by atoms with Crippen LogP contribution in [0.5, 0.6) is 0 Å². The number of likely N-dealkylation sites (tertiary alicyclic amines) is 1. The third kappa shape index (κ3) is 5.26. The minimum Gasteiger partial charge on any atom is -0.507 e. The summed E-state index contributed by atoms with van der Waals surface area (Å²) in [4.78, 5) is 41.7. The van der Waals surface area contributed by atoms with E-state index in [0.717, 1.165) is 19.6 Å². The quantitative estimate of drug-likeness (QED) is 0.281. The molecule has 9 heteroatoms. The highest BCUT2D eigenvalue weighted by Crippen LogP contribution is 2.39. The molecular formula is C26H27FN2O6. The molecule has 4 rings (SSSR count). The summed E-state index contributed by atoms with van der Waals surface area (Å²) in [5, 5.41) is 11.0. The van der Waals surface area contributed by atoms with Crippen molar-refractivity contribution in [1.29, 1.82) is 0 Å². The first-order valence-corrected chi connectivity index (χ1v) is 11.4. The topological polar surface area (TPSA) is 96.4 Å². The number of esters is 1. The Balaban J connectivity index is 1.68. The molecule has 2 heterocycles. The SMILES string of the molecule is COC(=O)c1ccc([C@H]2C(=C(O)c3ccc(F)cc3)C(=O)C(=O)N2CCCN2CCOCC2)cc1. The molecule has 0 aromatic heterocycles. The highest BCUT2D eigenvalue weighted by molar-refractivity contribution is 6.46. The molecule has 2 aliphatic heterocycles. The molecule has 1 atom stereocenters. The first-order chi connectivity index (χ1) is 16.9. The molecule has 184 valence electrons. The number of hydrogen-bond acceptors (Lipinski definition) is 7. The van der Waals surface area contributed by atoms with Gasteiger partial charge in [0.25, 0.3) is 11.7 Å². The minimum atomic E-state index is -0.851. The Bertz CT molecular complexity index is 1120. The summed E-state index contributed by atoms with van der Waals surface area (Å²) in [6, 6.07) is 10.6. The Kier molecular flexibility index (Phi) is 7.57. The van der Waals surface area contributed by atoms with Gasteiger partial charge in [0.1, 0.15) is 11.6 Å². The summed E-state index contributed by atoms with van der Waals surface area (Å²) in [6.07, 6.45) is 0.625. The van der Waals surface area contributed by atoms with Crippen LogP contribution in [0, 0.1) is 5.82 Å². The minimum absolute atomic E-state index is 0.0706. The lowest BCUT2D eigenvalue weighted by Crippen LogP contribution is -2.39. The smallest absolute Gasteiger partial charge is 0.337 e. The summed E-state index contributed by atoms with van der Waals surface area (Å²) in [7, 11) is 1.28. The van der Waals surface area contributed by atoms with Crippen molar-refractivity contribution in [2.45, 2.75) is 12.5 Å². The first kappa shape index (κ1) is 24.6. The molecule has 8 nitrogen and oxygen atoms in total. The van der Waals surface area contributed by atoms with Gasteiger partial charge in [-0.1, -0.05) is 12.1 Å². The Morgan fingerprint density at radius 3 is 2.29 bits per heavy atom. The maximum absolute atomic E-state index is 13.4. The zero-order valence-corrected chi connectivity index (χ0v) is 19.4. The lowest BCUT2D eigenvalue weighted by atomic mass is 9.94. The Morgan fingerprint density at radius 2 is 1.66 bits per heavy atom. The fraction of sp³-hybridized carbons (Fsp3) is 0.346. The van der Waals surface area contributed by atoms with E-state index in [-0.39, 0.29) is 16.9 Å². The van der Waals surface area contributed by atoms with Gasteiger partial charge in [-0.2, -0.15) is 0 Å². The highest BCUT2D eigenvalue weighted by Gasteiger charge is 2.45. The molecule has 0 radical (unpaired) electrons. The van der Waals surface area contributed by atoms with Crippen molar-refractivity contribution in [2.75, 3.05) is 46.5 Å². The average molecular weight is 483 g/mol. The van der Waals surface area contributed by atoms with Gasteiger partial charge in [0.15, 0.2) is 0 Å². The van der Waals surface area contributed by atoms with Crippen LogP contribution in [0.4, 0.5) is 4.39 Å². The number of nitrogens with zero attached hydrogens (tertiary/aromatic N) is 2. The third-order valence-corrected chi connectivity index (χ3v) is 6.28. The van der Waals surface area contributed by atoms with Crippen LogP contribution in [0.1, 0.15) is 33.9 Å². The van der Waals surface area contributed by atoms with E-state index in [1.165, 1.54) is 36.3 Å². The molecule has 1 amide bonds. The Labute approximate surface area is 202 Å². The van der Waals surface area contributed by atoms with Crippen molar-refractivity contribution in [1.82, 2.24) is 9.80 Å². The molecule has 0 bridgehead atoms. The summed E-state index contributed by atoms with van der Waals surface area (Å²) < 4.78 is 23.5. The molecular weight excluding hydrogens is 455 g/mol. The molecule has 0 aliphatic carbocycles. The lowest BCUT2D eigenvalue weighted by Gasteiger charge is -2.29. The van der Waals surface area contributed by atoms with Crippen LogP contribution in [-0.4, -0.2) is 79.1 Å². The second kappa shape index (κ2) is 10.8. The normalized spacial score (nSPS) is 20.3. The van der Waals surface area contributed by atoms with Crippen molar-refractivity contribution in [3.8, 4) is 0 Å². The summed E-state index contributed by atoms with van der Waals surface area (Å²) in [5.74, 6) is -2.89. The van der Waals surface area contributed by atoms with Crippen molar-refractivity contribution in [3.05, 3.63) is 76.6 Å². The number of aliphatic hydroxyl groups is 1. The second-order valence-corrected chi connectivity index (χ2v) is 8.42. The number of hydrogen-bond donors (Lipinski definition) is 1. The maximum atomic E-state index is 13.4. The standard InChI is InChI=1S/C26H27FN2O6/c1-34-26(33)19-5-3-17(4-6-19)22-21(23(30)18-7-9-20(27)10-8-18)24(31)25(32)29(22)12-2-11-28-13-15-35-16-14-28/h3-10,22,30H,2,11-16H2,1H3/t22-/m0/s1. The highest BCUT2D eigenvalue weighted by atomic mass is 19.1. The number of halogens is 1. The molecule has 2 aromatic rings. The third-order valence-electron chi connectivity index (χ3n) is 6.28. The van der Waals surface area contributed by atoms with E-state index in [0.29, 0.717) is 37.3 Å². The number of ether oxygens (including phenoxy) is 2. The van der Waals surface area contributed by atoms with Gasteiger partial charge in [-0.15, -0.1) is 0 Å². The average Bonchev–Trinajstić information content (AvgIpc) is 3.14. The number of rotatable bonds is 7. The fourth-order valence-corrected chi connectivity index (χ4v) is 4.43. The number of aliphatic hydroxyl groups excluding tert-OH is 1. The zero-order valence-electron chi connectivity index (χ0n) is 19.4. The van der Waals surface area contributed by atoms with E-state index in [2.05, 4.69) is 4.90 Å². The van der Waals surface area contributed by atoms with Crippen molar-refractivity contribution in [3.63, 3.8) is 0 Å². The van der Waals surface area contributed by atoms with E-state index in [9.17, 15) is 23.9 Å². The van der Waals surface area contributed by atoms with Crippen LogP contribution < -0.4 is 0 Å². The van der Waals surface area contributed by atoms with E-state index in [1.54, 1.807) is 24.3 Å². The number of carbonyl (C=O) groups excluding carboxylic acids is 3. The first-order valence-electron chi connectivity index (χ1n) is 11.4. The largest absolute Gasteiger partial charge is 0.507 e. The van der Waals surface area contributed by atoms with Crippen LogP contribution in [0.25, 0.3) is 5.76 Å². The van der Waals surface area contributed by atoms with Gasteiger partial charge in [0, 0.05) is 31.7 Å². The van der Waals surface area contributed by atoms with Crippen LogP contribution in [0.3, 0.4) is 0 Å². The van der Waals surface area contributed by atoms with E-state index in [4.69, 9.17) is 9.47 Å². The number of amides is 1. The van der Waals surface area contributed by atoms with Crippen LogP contribution in [0.15, 0.2) is 54.1 Å². The van der Waals surface area contributed by atoms with Crippen molar-refractivity contribution in [2.24, 2.45) is 0 Å². The van der Waals surface area contributed by atoms with E-state index in [1.807, 2.05) is 0 Å². The van der Waals surface area contributed by atoms with E-state index < -0.39 is 29.5 Å². The Hall–Kier alpha value is -3.56. The molecule has 2 fully saturated rings. The van der Waals surface area contributed by atoms with Gasteiger partial charge < -0.3 is 19.5 Å². The number of ketones is 1. The molecule has 2 saturated heterocycles. The molecule has 35 heavy (non-hydrogen) atoms. The monoisotopic (exact) mass is 482 g/mol. The van der Waals surface area contributed by atoms with Gasteiger partial charge >= 0.3 is 5.97 Å². The predicted octanol–water partition coefficient (Wildman–Crippen LogP) is 2.76. The molecule has 0 saturated carbocycles. The molecule has 1 N–H and O–H groups in total. The number of benzene rings is 2. The van der Waals surface area contributed by atoms with Crippen molar-refractivity contribution < 1.29 is 33.4 Å². The van der Waals surface area contributed by atoms with Gasteiger partial charge in [0.2, 0.25) is 0 Å². The van der Waals surface area contributed by atoms with Crippen LogP contribution in [0.2, 0.25) is 0 Å².